The summed E-state index contributed by atoms with van der Waals surface area (Å²) < 4.78 is 0. The van der Waals surface area contributed by atoms with E-state index in [0.717, 1.165) is 0 Å². The summed E-state index contributed by atoms with van der Waals surface area (Å²) in [4.78, 5) is 44.7. The number of carbonyl (C=O) groups excluding carboxylic acids is 2. The average molecular weight is 278 g/mol. The first-order valence-corrected chi connectivity index (χ1v) is 6.01. The van der Waals surface area contributed by atoms with Crippen molar-refractivity contribution in [1.82, 2.24) is 0 Å². The highest BCUT2D eigenvalue weighted by molar-refractivity contribution is 6.09. The van der Waals surface area contributed by atoms with Gasteiger partial charge in [0.1, 0.15) is 0 Å². The lowest BCUT2D eigenvalue weighted by Crippen LogP contribution is -2.11. The summed E-state index contributed by atoms with van der Waals surface area (Å²) in [5.41, 5.74) is 0.285. The van der Waals surface area contributed by atoms with Gasteiger partial charge in [-0.2, -0.15) is 0 Å². The molecule has 1 rings (SSSR count). The molecule has 1 aromatic rings. The van der Waals surface area contributed by atoms with E-state index in [1.54, 1.807) is 12.1 Å². The number of carbonyl (C=O) groups is 4. The molecule has 0 saturated carbocycles. The molecule has 6 nitrogen and oxygen atoms in total. The third-order valence-electron chi connectivity index (χ3n) is 2.66. The number of hydrogen-bond donors (Lipinski definition) is 2. The Kier molecular flexibility index (Phi) is 5.58. The van der Waals surface area contributed by atoms with Crippen LogP contribution >= 0.6 is 0 Å². The quantitative estimate of drug-likeness (QED) is 0.701. The second-order valence-electron chi connectivity index (χ2n) is 4.18. The van der Waals surface area contributed by atoms with Crippen molar-refractivity contribution < 1.29 is 29.4 Å². The van der Waals surface area contributed by atoms with Gasteiger partial charge in [0.15, 0.2) is 11.6 Å². The Hall–Kier alpha value is -2.50. The molecule has 0 aliphatic rings. The molecule has 0 heterocycles. The van der Waals surface area contributed by atoms with E-state index in [0.29, 0.717) is 0 Å². The van der Waals surface area contributed by atoms with Crippen LogP contribution in [-0.2, 0) is 9.59 Å². The Labute approximate surface area is 115 Å². The molecule has 0 saturated heterocycles. The number of benzene rings is 1. The number of hydrogen-bond acceptors (Lipinski definition) is 4. The van der Waals surface area contributed by atoms with Crippen LogP contribution in [0.1, 0.15) is 46.4 Å². The molecule has 0 unspecified atom stereocenters. The van der Waals surface area contributed by atoms with Crippen LogP contribution in [-0.4, -0.2) is 33.7 Å². The second kappa shape index (κ2) is 7.18. The summed E-state index contributed by atoms with van der Waals surface area (Å²) in [5.74, 6) is -3.06. The minimum atomic E-state index is -1.09. The fraction of sp³-hybridized carbons (Fsp3) is 0.286. The number of carboxylic acids is 2. The van der Waals surface area contributed by atoms with E-state index in [4.69, 9.17) is 10.2 Å². The maximum Gasteiger partial charge on any atom is 0.303 e. The van der Waals surface area contributed by atoms with Gasteiger partial charge in [0.25, 0.3) is 0 Å². The summed E-state index contributed by atoms with van der Waals surface area (Å²) in [5, 5.41) is 17.1. The molecule has 0 bridgehead atoms. The second-order valence-corrected chi connectivity index (χ2v) is 4.18. The molecule has 0 aliphatic heterocycles. The van der Waals surface area contributed by atoms with E-state index in [1.165, 1.54) is 12.1 Å². The molecule has 0 fully saturated rings. The summed E-state index contributed by atoms with van der Waals surface area (Å²) >= 11 is 0. The van der Waals surface area contributed by atoms with E-state index in [-0.39, 0.29) is 36.8 Å². The van der Waals surface area contributed by atoms with Gasteiger partial charge in [0.05, 0.1) is 12.8 Å². The molecule has 0 spiro atoms. The SMILES string of the molecule is O=C(O)CCC(=O)c1ccccc1C(=O)CCC(=O)O. The van der Waals surface area contributed by atoms with Crippen LogP contribution in [0.2, 0.25) is 0 Å². The Morgan fingerprint density at radius 2 is 1.05 bits per heavy atom. The predicted molar refractivity (Wildman–Crippen MR) is 68.8 cm³/mol. The van der Waals surface area contributed by atoms with Crippen molar-refractivity contribution in [1.29, 1.82) is 0 Å². The minimum Gasteiger partial charge on any atom is -0.481 e. The maximum atomic E-state index is 11.9. The zero-order valence-corrected chi connectivity index (χ0v) is 10.7. The highest BCUT2D eigenvalue weighted by Gasteiger charge is 2.17. The Morgan fingerprint density at radius 3 is 1.35 bits per heavy atom. The molecule has 20 heavy (non-hydrogen) atoms. The Morgan fingerprint density at radius 1 is 0.700 bits per heavy atom. The summed E-state index contributed by atoms with van der Waals surface area (Å²) in [6, 6.07) is 6.03. The molecule has 106 valence electrons. The van der Waals surface area contributed by atoms with Gasteiger partial charge in [-0.1, -0.05) is 24.3 Å². The van der Waals surface area contributed by atoms with Crippen LogP contribution < -0.4 is 0 Å². The van der Waals surface area contributed by atoms with Crippen LogP contribution in [0.3, 0.4) is 0 Å². The van der Waals surface area contributed by atoms with Crippen LogP contribution in [0.4, 0.5) is 0 Å². The van der Waals surface area contributed by atoms with Gasteiger partial charge in [-0.05, 0) is 0 Å². The highest BCUT2D eigenvalue weighted by Crippen LogP contribution is 2.15. The molecule has 0 atom stereocenters. The third-order valence-corrected chi connectivity index (χ3v) is 2.66. The van der Waals surface area contributed by atoms with Crippen LogP contribution in [0.5, 0.6) is 0 Å². The van der Waals surface area contributed by atoms with Gasteiger partial charge < -0.3 is 10.2 Å². The van der Waals surface area contributed by atoms with Crippen molar-refractivity contribution in [2.45, 2.75) is 25.7 Å². The van der Waals surface area contributed by atoms with Gasteiger partial charge in [-0.3, -0.25) is 19.2 Å². The Balaban J connectivity index is 2.87. The van der Waals surface area contributed by atoms with Crippen LogP contribution in [0.25, 0.3) is 0 Å². The number of aliphatic carboxylic acids is 2. The number of Topliss-reactive ketones (excluding diaryl/α,β-unsaturated/α-hetero) is 2. The van der Waals surface area contributed by atoms with E-state index in [2.05, 4.69) is 0 Å². The molecular weight excluding hydrogens is 264 g/mol. The van der Waals surface area contributed by atoms with Crippen molar-refractivity contribution >= 4 is 23.5 Å². The van der Waals surface area contributed by atoms with Gasteiger partial charge in [0, 0.05) is 24.0 Å². The minimum absolute atomic E-state index is 0.143. The number of rotatable bonds is 8. The Bertz CT molecular complexity index is 497. The lowest BCUT2D eigenvalue weighted by atomic mass is 9.96. The fourth-order valence-electron chi connectivity index (χ4n) is 1.68. The first kappa shape index (κ1) is 15.6. The maximum absolute atomic E-state index is 11.9. The van der Waals surface area contributed by atoms with Crippen molar-refractivity contribution in [2.75, 3.05) is 0 Å². The van der Waals surface area contributed by atoms with Crippen LogP contribution in [0.15, 0.2) is 24.3 Å². The zero-order chi connectivity index (χ0) is 15.1. The van der Waals surface area contributed by atoms with Gasteiger partial charge >= 0.3 is 11.9 Å². The monoisotopic (exact) mass is 278 g/mol. The molecule has 6 heteroatoms. The van der Waals surface area contributed by atoms with Gasteiger partial charge in [-0.25, -0.2) is 0 Å². The topological polar surface area (TPSA) is 109 Å². The lowest BCUT2D eigenvalue weighted by Gasteiger charge is -2.06. The van der Waals surface area contributed by atoms with Crippen molar-refractivity contribution in [2.24, 2.45) is 0 Å². The van der Waals surface area contributed by atoms with Crippen molar-refractivity contribution in [3.8, 4) is 0 Å². The highest BCUT2D eigenvalue weighted by atomic mass is 16.4. The van der Waals surface area contributed by atoms with E-state index < -0.39 is 23.5 Å². The molecule has 0 radical (unpaired) electrons. The first-order valence-electron chi connectivity index (χ1n) is 6.01. The normalized spacial score (nSPS) is 10.0. The summed E-state index contributed by atoms with van der Waals surface area (Å²) in [6.07, 6.45) is -1.01. The average Bonchev–Trinajstić information content (AvgIpc) is 2.42. The largest absolute Gasteiger partial charge is 0.481 e. The summed E-state index contributed by atoms with van der Waals surface area (Å²) in [7, 11) is 0. The molecule has 0 amide bonds. The van der Waals surface area contributed by atoms with E-state index in [9.17, 15) is 19.2 Å². The third kappa shape index (κ3) is 4.64. The van der Waals surface area contributed by atoms with Crippen molar-refractivity contribution in [3.63, 3.8) is 0 Å². The van der Waals surface area contributed by atoms with Gasteiger partial charge in [0.2, 0.25) is 0 Å². The molecule has 0 aliphatic carbocycles. The lowest BCUT2D eigenvalue weighted by molar-refractivity contribution is -0.137. The van der Waals surface area contributed by atoms with Crippen LogP contribution in [0, 0.1) is 0 Å². The van der Waals surface area contributed by atoms with E-state index in [1.807, 2.05) is 0 Å². The van der Waals surface area contributed by atoms with Crippen molar-refractivity contribution in [3.05, 3.63) is 35.4 Å². The first-order chi connectivity index (χ1) is 9.41. The fourth-order valence-corrected chi connectivity index (χ4v) is 1.68. The summed E-state index contributed by atoms with van der Waals surface area (Å²) in [6.45, 7) is 0. The number of carboxylic acid groups (broad SMARTS) is 2. The predicted octanol–water partition coefficient (Wildman–Crippen LogP) is 1.78. The zero-order valence-electron chi connectivity index (χ0n) is 10.7. The molecular formula is C14H14O6. The van der Waals surface area contributed by atoms with E-state index >= 15 is 0 Å². The standard InChI is InChI=1S/C14H14O6/c15-11(5-7-13(17)18)9-3-1-2-4-10(9)12(16)6-8-14(19)20/h1-4H,5-8H2,(H,17,18)(H,19,20). The molecule has 1 aromatic carbocycles. The molecule has 2 N–H and O–H groups in total. The molecule has 0 aromatic heterocycles. The smallest absolute Gasteiger partial charge is 0.303 e. The van der Waals surface area contributed by atoms with Gasteiger partial charge in [-0.15, -0.1) is 0 Å². The number of ketones is 2.